The molecule has 2 N–H and O–H groups in total. The van der Waals surface area contributed by atoms with Crippen LogP contribution in [0.15, 0.2) is 24.3 Å². The molecule has 4 nitrogen and oxygen atoms in total. The van der Waals surface area contributed by atoms with Gasteiger partial charge in [0.2, 0.25) is 5.91 Å². The van der Waals surface area contributed by atoms with E-state index in [1.54, 1.807) is 32.0 Å². The maximum atomic E-state index is 13.8. The Morgan fingerprint density at radius 2 is 1.95 bits per heavy atom. The minimum absolute atomic E-state index is 0.0554. The van der Waals surface area contributed by atoms with Crippen molar-refractivity contribution in [3.63, 3.8) is 0 Å². The number of rotatable bonds is 7. The van der Waals surface area contributed by atoms with Gasteiger partial charge in [-0.15, -0.1) is 0 Å². The van der Waals surface area contributed by atoms with Crippen molar-refractivity contribution in [1.82, 2.24) is 5.32 Å². The molecule has 0 saturated heterocycles. The van der Waals surface area contributed by atoms with Gasteiger partial charge < -0.3 is 10.4 Å². The Hall–Kier alpha value is -1.91. The summed E-state index contributed by atoms with van der Waals surface area (Å²) in [5, 5.41) is 11.7. The van der Waals surface area contributed by atoms with E-state index in [4.69, 9.17) is 5.11 Å². The molecule has 1 atom stereocenters. The third-order valence-corrected chi connectivity index (χ3v) is 3.61. The average molecular weight is 295 g/mol. The number of hydrogen-bond donors (Lipinski definition) is 2. The number of carbonyl (C=O) groups excluding carboxylic acids is 1. The molecule has 1 rings (SSSR count). The van der Waals surface area contributed by atoms with Crippen LogP contribution in [-0.2, 0) is 15.0 Å². The predicted octanol–water partition coefficient (Wildman–Crippen LogP) is 2.72. The number of halogens is 1. The van der Waals surface area contributed by atoms with Gasteiger partial charge in [0.05, 0.1) is 11.3 Å². The summed E-state index contributed by atoms with van der Waals surface area (Å²) in [4.78, 5) is 23.3. The van der Waals surface area contributed by atoms with Gasteiger partial charge >= 0.3 is 5.97 Å². The molecule has 0 bridgehead atoms. The first kappa shape index (κ1) is 17.1. The first-order valence-corrected chi connectivity index (χ1v) is 7.06. The van der Waals surface area contributed by atoms with Crippen LogP contribution in [0.25, 0.3) is 0 Å². The Morgan fingerprint density at radius 3 is 2.48 bits per heavy atom. The van der Waals surface area contributed by atoms with Crippen molar-refractivity contribution in [2.45, 2.75) is 39.0 Å². The highest BCUT2D eigenvalue weighted by Gasteiger charge is 2.32. The Kier molecular flexibility index (Phi) is 5.88. The number of carboxylic acid groups (broad SMARTS) is 1. The lowest BCUT2D eigenvalue weighted by Crippen LogP contribution is -2.43. The molecular formula is C16H22FNO3. The summed E-state index contributed by atoms with van der Waals surface area (Å²) in [6.07, 6.45) is 1.22. The molecule has 1 amide bonds. The van der Waals surface area contributed by atoms with Gasteiger partial charge in [-0.3, -0.25) is 9.59 Å². The van der Waals surface area contributed by atoms with E-state index in [0.29, 0.717) is 12.0 Å². The lowest BCUT2D eigenvalue weighted by atomic mass is 9.83. The molecule has 5 heteroatoms. The van der Waals surface area contributed by atoms with Crippen LogP contribution in [0, 0.1) is 11.7 Å². The normalized spacial score (nSPS) is 12.8. The van der Waals surface area contributed by atoms with Crippen molar-refractivity contribution < 1.29 is 19.1 Å². The number of carboxylic acids is 1. The lowest BCUT2D eigenvalue weighted by molar-refractivity contribution is -0.142. The maximum absolute atomic E-state index is 13.8. The number of hydrogen-bond acceptors (Lipinski definition) is 2. The van der Waals surface area contributed by atoms with Crippen molar-refractivity contribution in [1.29, 1.82) is 0 Å². The van der Waals surface area contributed by atoms with E-state index in [1.807, 2.05) is 6.92 Å². The Balaban J connectivity index is 2.78. The van der Waals surface area contributed by atoms with Gasteiger partial charge in [-0.2, -0.15) is 0 Å². The molecule has 0 radical (unpaired) electrons. The monoisotopic (exact) mass is 295 g/mol. The molecule has 0 aliphatic carbocycles. The van der Waals surface area contributed by atoms with Crippen LogP contribution in [0.3, 0.4) is 0 Å². The van der Waals surface area contributed by atoms with Crippen molar-refractivity contribution in [2.75, 3.05) is 6.54 Å². The summed E-state index contributed by atoms with van der Waals surface area (Å²) in [7, 11) is 0. The Morgan fingerprint density at radius 1 is 1.33 bits per heavy atom. The fourth-order valence-corrected chi connectivity index (χ4v) is 2.19. The average Bonchev–Trinajstić information content (AvgIpc) is 2.42. The highest BCUT2D eigenvalue weighted by Crippen LogP contribution is 2.26. The van der Waals surface area contributed by atoms with E-state index in [1.165, 1.54) is 6.07 Å². The van der Waals surface area contributed by atoms with Crippen molar-refractivity contribution in [3.05, 3.63) is 35.6 Å². The summed E-state index contributed by atoms with van der Waals surface area (Å²) in [6.45, 7) is 5.19. The zero-order valence-corrected chi connectivity index (χ0v) is 12.6. The summed E-state index contributed by atoms with van der Waals surface area (Å²) < 4.78 is 13.8. The largest absolute Gasteiger partial charge is 0.481 e. The molecular weight excluding hydrogens is 273 g/mol. The van der Waals surface area contributed by atoms with Gasteiger partial charge in [-0.25, -0.2) is 4.39 Å². The second kappa shape index (κ2) is 7.20. The van der Waals surface area contributed by atoms with Crippen molar-refractivity contribution in [2.24, 2.45) is 5.92 Å². The van der Waals surface area contributed by atoms with E-state index in [9.17, 15) is 14.0 Å². The number of nitrogens with one attached hydrogen (secondary N) is 1. The second-order valence-electron chi connectivity index (χ2n) is 5.64. The molecule has 1 aromatic rings. The number of aliphatic carboxylic acids is 1. The molecule has 0 aliphatic heterocycles. The SMILES string of the molecule is CCCC(CNC(=O)C(C)(C)c1ccccc1F)C(=O)O. The molecule has 0 aromatic heterocycles. The van der Waals surface area contributed by atoms with Gasteiger partial charge in [0, 0.05) is 12.1 Å². The third kappa shape index (κ3) is 4.28. The predicted molar refractivity (Wildman–Crippen MR) is 78.5 cm³/mol. The zero-order chi connectivity index (χ0) is 16.0. The van der Waals surface area contributed by atoms with Gasteiger partial charge in [-0.05, 0) is 26.3 Å². The van der Waals surface area contributed by atoms with Gasteiger partial charge in [0.15, 0.2) is 0 Å². The third-order valence-electron chi connectivity index (χ3n) is 3.61. The summed E-state index contributed by atoms with van der Waals surface area (Å²) in [6, 6.07) is 6.11. The molecule has 0 fully saturated rings. The van der Waals surface area contributed by atoms with E-state index in [0.717, 1.165) is 6.42 Å². The smallest absolute Gasteiger partial charge is 0.308 e. The fraction of sp³-hybridized carbons (Fsp3) is 0.500. The molecule has 21 heavy (non-hydrogen) atoms. The van der Waals surface area contributed by atoms with E-state index < -0.39 is 23.1 Å². The lowest BCUT2D eigenvalue weighted by Gasteiger charge is -2.25. The van der Waals surface area contributed by atoms with Crippen molar-refractivity contribution >= 4 is 11.9 Å². The quantitative estimate of drug-likeness (QED) is 0.813. The number of carbonyl (C=O) groups is 2. The highest BCUT2D eigenvalue weighted by atomic mass is 19.1. The van der Waals surface area contributed by atoms with Crippen LogP contribution in [0.4, 0.5) is 4.39 Å². The van der Waals surface area contributed by atoms with Gasteiger partial charge in [0.1, 0.15) is 5.82 Å². The fourth-order valence-electron chi connectivity index (χ4n) is 2.19. The molecule has 0 spiro atoms. The first-order chi connectivity index (χ1) is 9.80. The molecule has 0 aliphatic rings. The van der Waals surface area contributed by atoms with Crippen LogP contribution in [0.1, 0.15) is 39.2 Å². The Bertz CT molecular complexity index is 514. The molecule has 116 valence electrons. The topological polar surface area (TPSA) is 66.4 Å². The molecule has 0 heterocycles. The van der Waals surface area contributed by atoms with E-state index in [-0.39, 0.29) is 12.5 Å². The van der Waals surface area contributed by atoms with Crippen LogP contribution in [0.5, 0.6) is 0 Å². The Labute approximate surface area is 124 Å². The summed E-state index contributed by atoms with van der Waals surface area (Å²) >= 11 is 0. The van der Waals surface area contributed by atoms with Gasteiger partial charge in [0.25, 0.3) is 0 Å². The van der Waals surface area contributed by atoms with Crippen LogP contribution < -0.4 is 5.32 Å². The molecule has 1 aromatic carbocycles. The van der Waals surface area contributed by atoms with Crippen LogP contribution >= 0.6 is 0 Å². The van der Waals surface area contributed by atoms with Crippen LogP contribution in [0.2, 0.25) is 0 Å². The molecule has 0 saturated carbocycles. The van der Waals surface area contributed by atoms with Gasteiger partial charge in [-0.1, -0.05) is 31.5 Å². The number of benzene rings is 1. The maximum Gasteiger partial charge on any atom is 0.308 e. The molecule has 1 unspecified atom stereocenters. The minimum atomic E-state index is -1.05. The first-order valence-electron chi connectivity index (χ1n) is 7.06. The van der Waals surface area contributed by atoms with Crippen LogP contribution in [-0.4, -0.2) is 23.5 Å². The van der Waals surface area contributed by atoms with E-state index >= 15 is 0 Å². The second-order valence-corrected chi connectivity index (χ2v) is 5.64. The minimum Gasteiger partial charge on any atom is -0.481 e. The zero-order valence-electron chi connectivity index (χ0n) is 12.6. The summed E-state index contributed by atoms with van der Waals surface area (Å²) in [5.41, 5.74) is -0.759. The standard InChI is InChI=1S/C16H22FNO3/c1-4-7-11(14(19)20)10-18-15(21)16(2,3)12-8-5-6-9-13(12)17/h5-6,8-9,11H,4,7,10H2,1-3H3,(H,18,21)(H,19,20). The number of amides is 1. The summed E-state index contributed by atoms with van der Waals surface area (Å²) in [5.74, 6) is -2.37. The highest BCUT2D eigenvalue weighted by molar-refractivity contribution is 5.87. The van der Waals surface area contributed by atoms with E-state index in [2.05, 4.69) is 5.32 Å². The van der Waals surface area contributed by atoms with Crippen molar-refractivity contribution in [3.8, 4) is 0 Å².